The van der Waals surface area contributed by atoms with Crippen molar-refractivity contribution < 1.29 is 13.2 Å². The predicted molar refractivity (Wildman–Crippen MR) is 143 cm³/mol. The van der Waals surface area contributed by atoms with Crippen molar-refractivity contribution in [3.63, 3.8) is 0 Å². The highest BCUT2D eigenvalue weighted by Gasteiger charge is 2.46. The third-order valence-electron chi connectivity index (χ3n) is 7.82. The molecule has 2 fully saturated rings. The van der Waals surface area contributed by atoms with Crippen molar-refractivity contribution in [3.05, 3.63) is 42.4 Å². The number of hydrogen-bond donors (Lipinski definition) is 2. The first kappa shape index (κ1) is 25.2. The molecule has 2 aliphatic heterocycles. The Bertz CT molecular complexity index is 1880. The van der Waals surface area contributed by atoms with E-state index in [-0.39, 0.29) is 40.4 Å². The van der Waals surface area contributed by atoms with Gasteiger partial charge in [0, 0.05) is 41.6 Å². The van der Waals surface area contributed by atoms with Crippen molar-refractivity contribution in [2.45, 2.75) is 48.6 Å². The van der Waals surface area contributed by atoms with Crippen LogP contribution in [-0.4, -0.2) is 92.5 Å². The molecular formula is C24H25N13O3S. The number of aromatic nitrogens is 11. The number of carbonyl (C=O) groups is 1. The lowest BCUT2D eigenvalue weighted by Crippen LogP contribution is -2.46. The van der Waals surface area contributed by atoms with Gasteiger partial charge in [-0.2, -0.15) is 19.5 Å². The number of carbonyl (C=O) groups excluding carboxylic acids is 1. The molecule has 16 nitrogen and oxygen atoms in total. The van der Waals surface area contributed by atoms with E-state index in [0.717, 1.165) is 19.1 Å². The van der Waals surface area contributed by atoms with Crippen LogP contribution < -0.4 is 5.73 Å². The smallest absolute Gasteiger partial charge is 0.291 e. The number of aryl methyl sites for hydroxylation is 1. The molecule has 0 saturated carbocycles. The number of pyridine rings is 1. The van der Waals surface area contributed by atoms with Gasteiger partial charge < -0.3 is 10.6 Å². The van der Waals surface area contributed by atoms with E-state index in [9.17, 15) is 13.2 Å². The van der Waals surface area contributed by atoms with Gasteiger partial charge in [-0.25, -0.2) is 18.4 Å². The van der Waals surface area contributed by atoms with Crippen molar-refractivity contribution in [3.8, 4) is 22.6 Å². The number of sulfone groups is 1. The molecule has 210 valence electrons. The minimum Gasteiger partial charge on any atom is -0.382 e. The van der Waals surface area contributed by atoms with Crippen molar-refractivity contribution in [1.82, 2.24) is 59.9 Å². The van der Waals surface area contributed by atoms with Crippen LogP contribution in [-0.2, 0) is 16.9 Å². The maximum absolute atomic E-state index is 13.1. The van der Waals surface area contributed by atoms with Gasteiger partial charge in [-0.3, -0.25) is 14.9 Å². The number of tetrazole rings is 1. The molecule has 2 aliphatic rings. The molecule has 7 heterocycles. The second-order valence-electron chi connectivity index (χ2n) is 10.4. The van der Waals surface area contributed by atoms with Gasteiger partial charge in [0.25, 0.3) is 5.91 Å². The Morgan fingerprint density at radius 3 is 2.51 bits per heavy atom. The van der Waals surface area contributed by atoms with Gasteiger partial charge in [-0.05, 0) is 37.0 Å². The Balaban J connectivity index is 1.28. The van der Waals surface area contributed by atoms with E-state index in [4.69, 9.17) is 10.7 Å². The quantitative estimate of drug-likeness (QED) is 0.296. The zero-order chi connectivity index (χ0) is 28.5. The summed E-state index contributed by atoms with van der Waals surface area (Å²) in [4.78, 5) is 29.7. The summed E-state index contributed by atoms with van der Waals surface area (Å²) < 4.78 is 27.4. The normalized spacial score (nSPS) is 20.6. The highest BCUT2D eigenvalue weighted by molar-refractivity contribution is 7.91. The Labute approximate surface area is 232 Å². The number of piperidine rings is 1. The first-order valence-electron chi connectivity index (χ1n) is 12.9. The Morgan fingerprint density at radius 1 is 1.12 bits per heavy atom. The molecule has 5 aromatic heterocycles. The lowest BCUT2D eigenvalue weighted by molar-refractivity contribution is 0.0556. The number of anilines is 1. The summed E-state index contributed by atoms with van der Waals surface area (Å²) in [5.74, 6) is 0.156. The van der Waals surface area contributed by atoms with Crippen LogP contribution in [0.5, 0.6) is 0 Å². The van der Waals surface area contributed by atoms with Crippen LogP contribution in [0.25, 0.3) is 28.3 Å². The molecule has 1 amide bonds. The van der Waals surface area contributed by atoms with E-state index in [1.54, 1.807) is 25.5 Å². The molecule has 2 saturated heterocycles. The van der Waals surface area contributed by atoms with Crippen LogP contribution in [0.3, 0.4) is 0 Å². The van der Waals surface area contributed by atoms with E-state index in [0.29, 0.717) is 46.8 Å². The zero-order valence-corrected chi connectivity index (χ0v) is 22.9. The Kier molecular flexibility index (Phi) is 5.60. The molecular weight excluding hydrogens is 550 g/mol. The van der Waals surface area contributed by atoms with Gasteiger partial charge in [0.15, 0.2) is 15.5 Å². The first-order valence-corrected chi connectivity index (χ1v) is 14.8. The van der Waals surface area contributed by atoms with Gasteiger partial charge in [-0.1, -0.05) is 6.07 Å². The summed E-state index contributed by atoms with van der Waals surface area (Å²) in [6.07, 6.45) is 8.39. The van der Waals surface area contributed by atoms with E-state index in [1.807, 2.05) is 11.0 Å². The number of hydrogen-bond acceptors (Lipinski definition) is 12. The van der Waals surface area contributed by atoms with Gasteiger partial charge in [0.1, 0.15) is 22.7 Å². The summed E-state index contributed by atoms with van der Waals surface area (Å²) >= 11 is 0. The minimum absolute atomic E-state index is 0.000368. The fourth-order valence-corrected chi connectivity index (χ4v) is 7.17. The number of aromatic amines is 1. The monoisotopic (exact) mass is 575 g/mol. The number of nitrogen functional groups attached to an aromatic ring is 1. The Hall–Kier alpha value is -4.80. The molecule has 3 N–H and O–H groups in total. The third-order valence-corrected chi connectivity index (χ3v) is 8.98. The lowest BCUT2D eigenvalue weighted by Gasteiger charge is -2.38. The second-order valence-corrected chi connectivity index (χ2v) is 12.4. The fourth-order valence-electron chi connectivity index (χ4n) is 6.11. The summed E-state index contributed by atoms with van der Waals surface area (Å²) in [7, 11) is -2.09. The maximum atomic E-state index is 13.1. The molecule has 0 spiro atoms. The van der Waals surface area contributed by atoms with Crippen LogP contribution in [0, 0.1) is 0 Å². The molecule has 5 aromatic rings. The number of nitrogens with one attached hydrogen (secondary N) is 1. The minimum atomic E-state index is -3.76. The average Bonchev–Trinajstić information content (AvgIpc) is 3.74. The van der Waals surface area contributed by atoms with Crippen LogP contribution >= 0.6 is 0 Å². The molecule has 7 rings (SSSR count). The van der Waals surface area contributed by atoms with E-state index >= 15 is 0 Å². The van der Waals surface area contributed by atoms with Gasteiger partial charge >= 0.3 is 0 Å². The fraction of sp³-hybridized carbons (Fsp3) is 0.375. The summed E-state index contributed by atoms with van der Waals surface area (Å²) in [5, 5.41) is 22.8. The van der Waals surface area contributed by atoms with Crippen LogP contribution in [0.4, 0.5) is 5.82 Å². The molecule has 2 atom stereocenters. The van der Waals surface area contributed by atoms with Gasteiger partial charge in [0.2, 0.25) is 11.6 Å². The molecule has 0 aromatic carbocycles. The van der Waals surface area contributed by atoms with Crippen molar-refractivity contribution in [2.24, 2.45) is 7.05 Å². The molecule has 2 bridgehead atoms. The standard InChI is InChI=1S/C24H25N13O3S/c1-35-33-21(32-34-35)17-6-3-12(9-26-17)16-10-29-37-20(25)19(41(2,39)40)18(30-23(16)37)13-7-14-4-5-15(8-13)36(14)24(38)22-27-11-28-31-22/h3,6,9-11,13-15H,4-5,7-8,25H2,1-2H3,(H,27,28,31). The SMILES string of the molecule is Cn1nnc(-c2ccc(-c3cnn4c(N)c(S(C)(=O)=O)c(C5CC6CCC(C5)N6C(=O)c5ncn[nH]5)nc34)cn2)n1. The molecule has 2 unspecified atom stereocenters. The number of nitrogens with zero attached hydrogens (tertiary/aromatic N) is 11. The summed E-state index contributed by atoms with van der Waals surface area (Å²) in [6.45, 7) is 0. The van der Waals surface area contributed by atoms with Crippen molar-refractivity contribution >= 4 is 27.2 Å². The molecule has 17 heteroatoms. The van der Waals surface area contributed by atoms with E-state index < -0.39 is 9.84 Å². The van der Waals surface area contributed by atoms with Crippen LogP contribution in [0.1, 0.15) is 47.9 Å². The first-order chi connectivity index (χ1) is 19.7. The Morgan fingerprint density at radius 2 is 1.90 bits per heavy atom. The summed E-state index contributed by atoms with van der Waals surface area (Å²) in [5.41, 5.74) is 9.21. The van der Waals surface area contributed by atoms with Crippen molar-refractivity contribution in [2.75, 3.05) is 12.0 Å². The number of amides is 1. The lowest BCUT2D eigenvalue weighted by atomic mass is 9.87. The molecule has 0 radical (unpaired) electrons. The molecule has 41 heavy (non-hydrogen) atoms. The zero-order valence-electron chi connectivity index (χ0n) is 22.1. The van der Waals surface area contributed by atoms with Crippen molar-refractivity contribution in [1.29, 1.82) is 0 Å². The van der Waals surface area contributed by atoms with Crippen LogP contribution in [0.2, 0.25) is 0 Å². The number of fused-ring (bicyclic) bond motifs is 3. The van der Waals surface area contributed by atoms with Gasteiger partial charge in [-0.15, -0.1) is 10.2 Å². The topological polar surface area (TPSA) is 209 Å². The van der Waals surface area contributed by atoms with E-state index in [1.165, 1.54) is 15.6 Å². The highest BCUT2D eigenvalue weighted by Crippen LogP contribution is 2.45. The third kappa shape index (κ3) is 4.11. The summed E-state index contributed by atoms with van der Waals surface area (Å²) in [6, 6.07) is 3.44. The maximum Gasteiger partial charge on any atom is 0.291 e. The highest BCUT2D eigenvalue weighted by atomic mass is 32.2. The molecule has 0 aliphatic carbocycles. The predicted octanol–water partition coefficient (Wildman–Crippen LogP) is 0.636. The number of H-pyrrole nitrogens is 1. The van der Waals surface area contributed by atoms with Crippen LogP contribution in [0.15, 0.2) is 35.7 Å². The largest absolute Gasteiger partial charge is 0.382 e. The average molecular weight is 576 g/mol. The second kappa shape index (κ2) is 9.12. The van der Waals surface area contributed by atoms with E-state index in [2.05, 4.69) is 40.7 Å². The number of nitrogens with two attached hydrogens (primary N) is 1. The number of rotatable bonds is 5. The van der Waals surface area contributed by atoms with Gasteiger partial charge in [0.05, 0.1) is 18.9 Å².